The monoisotopic (exact) mass is 216 g/mol. The summed E-state index contributed by atoms with van der Waals surface area (Å²) in [6.45, 7) is 1.82. The summed E-state index contributed by atoms with van der Waals surface area (Å²) in [5.41, 5.74) is 1.50. The van der Waals surface area contributed by atoms with Gasteiger partial charge in [-0.05, 0) is 19.8 Å². The van der Waals surface area contributed by atoms with Gasteiger partial charge in [-0.25, -0.2) is 9.97 Å². The third kappa shape index (κ3) is 1.54. The lowest BCUT2D eigenvalue weighted by molar-refractivity contribution is 0.742. The molecule has 2 aromatic heterocycles. The van der Waals surface area contributed by atoms with Crippen molar-refractivity contribution in [3.63, 3.8) is 0 Å². The van der Waals surface area contributed by atoms with Gasteiger partial charge < -0.3 is 9.55 Å². The Hall–Kier alpha value is -1.91. The number of aromatic nitrogens is 4. The lowest BCUT2D eigenvalue weighted by Crippen LogP contribution is -2.10. The summed E-state index contributed by atoms with van der Waals surface area (Å²) >= 11 is 0. The molecule has 0 radical (unpaired) electrons. The number of hydrogen-bond donors (Lipinski definition) is 1. The van der Waals surface area contributed by atoms with Gasteiger partial charge in [0.15, 0.2) is 5.82 Å². The van der Waals surface area contributed by atoms with E-state index in [1.807, 2.05) is 6.92 Å². The van der Waals surface area contributed by atoms with Gasteiger partial charge in [0.25, 0.3) is 5.56 Å². The lowest BCUT2D eigenvalue weighted by Gasteiger charge is -2.05. The first kappa shape index (κ1) is 9.33. The van der Waals surface area contributed by atoms with Gasteiger partial charge >= 0.3 is 0 Å². The van der Waals surface area contributed by atoms with E-state index in [1.165, 1.54) is 18.9 Å². The first-order chi connectivity index (χ1) is 7.74. The highest BCUT2D eigenvalue weighted by Crippen LogP contribution is 2.37. The maximum Gasteiger partial charge on any atom is 0.251 e. The Labute approximate surface area is 92.2 Å². The van der Waals surface area contributed by atoms with E-state index in [4.69, 9.17) is 0 Å². The standard InChI is InChI=1S/C11H12N4O/c1-7-4-10(16)14-11(13-7)9-5-12-6-15(9)8-2-3-8/h4-6,8H,2-3H2,1H3,(H,13,14,16). The minimum absolute atomic E-state index is 0.119. The molecule has 1 aliphatic carbocycles. The molecule has 16 heavy (non-hydrogen) atoms. The summed E-state index contributed by atoms with van der Waals surface area (Å²) in [5.74, 6) is 0.606. The van der Waals surface area contributed by atoms with Crippen LogP contribution in [0.3, 0.4) is 0 Å². The van der Waals surface area contributed by atoms with E-state index < -0.39 is 0 Å². The fourth-order valence-electron chi connectivity index (χ4n) is 1.83. The van der Waals surface area contributed by atoms with E-state index >= 15 is 0 Å². The van der Waals surface area contributed by atoms with E-state index in [-0.39, 0.29) is 5.56 Å². The van der Waals surface area contributed by atoms with Crippen LogP contribution in [0.25, 0.3) is 11.5 Å². The van der Waals surface area contributed by atoms with Crippen molar-refractivity contribution in [3.8, 4) is 11.5 Å². The van der Waals surface area contributed by atoms with Crippen molar-refractivity contribution >= 4 is 0 Å². The third-order valence-corrected chi connectivity index (χ3v) is 2.72. The summed E-state index contributed by atoms with van der Waals surface area (Å²) in [6, 6.07) is 2.02. The molecule has 1 aliphatic rings. The van der Waals surface area contributed by atoms with Crippen LogP contribution in [0, 0.1) is 6.92 Å². The van der Waals surface area contributed by atoms with Gasteiger partial charge in [-0.2, -0.15) is 0 Å². The van der Waals surface area contributed by atoms with Crippen LogP contribution in [0.2, 0.25) is 0 Å². The van der Waals surface area contributed by atoms with Gasteiger partial charge in [-0.15, -0.1) is 0 Å². The van der Waals surface area contributed by atoms with Crippen LogP contribution in [-0.2, 0) is 0 Å². The van der Waals surface area contributed by atoms with Crippen molar-refractivity contribution in [3.05, 3.63) is 34.6 Å². The Bertz CT molecular complexity index is 580. The molecule has 0 unspecified atom stereocenters. The Morgan fingerprint density at radius 3 is 3.00 bits per heavy atom. The number of aromatic amines is 1. The second kappa shape index (κ2) is 3.30. The molecule has 0 aromatic carbocycles. The van der Waals surface area contributed by atoms with Crippen molar-refractivity contribution in [2.24, 2.45) is 0 Å². The number of H-pyrrole nitrogens is 1. The molecule has 82 valence electrons. The molecule has 0 spiro atoms. The smallest absolute Gasteiger partial charge is 0.251 e. The topological polar surface area (TPSA) is 63.6 Å². The SMILES string of the molecule is Cc1cc(=O)[nH]c(-c2cncn2C2CC2)n1. The van der Waals surface area contributed by atoms with Crippen LogP contribution in [0.4, 0.5) is 0 Å². The molecule has 0 saturated heterocycles. The minimum atomic E-state index is -0.119. The fourth-order valence-corrected chi connectivity index (χ4v) is 1.83. The van der Waals surface area contributed by atoms with Crippen molar-refractivity contribution in [2.45, 2.75) is 25.8 Å². The van der Waals surface area contributed by atoms with Crippen molar-refractivity contribution < 1.29 is 0 Å². The molecule has 3 rings (SSSR count). The van der Waals surface area contributed by atoms with Gasteiger partial charge in [0.2, 0.25) is 0 Å². The number of rotatable bonds is 2. The zero-order chi connectivity index (χ0) is 11.1. The summed E-state index contributed by atoms with van der Waals surface area (Å²) in [6.07, 6.45) is 5.91. The van der Waals surface area contributed by atoms with Crippen LogP contribution in [0.5, 0.6) is 0 Å². The van der Waals surface area contributed by atoms with Crippen molar-refractivity contribution in [1.82, 2.24) is 19.5 Å². The Kier molecular flexibility index (Phi) is 1.92. The Balaban J connectivity index is 2.13. The van der Waals surface area contributed by atoms with Crippen molar-refractivity contribution in [2.75, 3.05) is 0 Å². The molecular formula is C11H12N4O. The number of imidazole rings is 1. The Morgan fingerprint density at radius 2 is 2.31 bits per heavy atom. The maximum absolute atomic E-state index is 11.4. The first-order valence-corrected chi connectivity index (χ1v) is 5.34. The molecule has 5 heteroatoms. The summed E-state index contributed by atoms with van der Waals surface area (Å²) in [4.78, 5) is 22.6. The number of aryl methyl sites for hydroxylation is 1. The molecule has 2 heterocycles. The Morgan fingerprint density at radius 1 is 1.50 bits per heavy atom. The number of nitrogens with zero attached hydrogens (tertiary/aromatic N) is 3. The molecule has 0 atom stereocenters. The lowest BCUT2D eigenvalue weighted by atomic mass is 10.3. The van der Waals surface area contributed by atoms with Gasteiger partial charge in [-0.1, -0.05) is 0 Å². The van der Waals surface area contributed by atoms with Crippen LogP contribution < -0.4 is 5.56 Å². The number of hydrogen-bond acceptors (Lipinski definition) is 3. The average molecular weight is 216 g/mol. The van der Waals surface area contributed by atoms with E-state index in [0.717, 1.165) is 11.4 Å². The zero-order valence-electron chi connectivity index (χ0n) is 8.97. The summed E-state index contributed by atoms with van der Waals surface area (Å²) in [7, 11) is 0. The normalized spacial score (nSPS) is 15.3. The highest BCUT2D eigenvalue weighted by atomic mass is 16.1. The molecule has 5 nitrogen and oxygen atoms in total. The van der Waals surface area contributed by atoms with E-state index in [0.29, 0.717) is 11.9 Å². The highest BCUT2D eigenvalue weighted by molar-refractivity contribution is 5.48. The molecule has 1 saturated carbocycles. The molecule has 2 aromatic rings. The zero-order valence-corrected chi connectivity index (χ0v) is 8.97. The summed E-state index contributed by atoms with van der Waals surface area (Å²) in [5, 5.41) is 0. The average Bonchev–Trinajstić information content (AvgIpc) is 2.94. The maximum atomic E-state index is 11.4. The predicted molar refractivity (Wildman–Crippen MR) is 59.1 cm³/mol. The van der Waals surface area contributed by atoms with Crippen LogP contribution >= 0.6 is 0 Å². The highest BCUT2D eigenvalue weighted by Gasteiger charge is 2.26. The molecule has 1 fully saturated rings. The quantitative estimate of drug-likeness (QED) is 0.822. The summed E-state index contributed by atoms with van der Waals surface area (Å²) < 4.78 is 2.08. The van der Waals surface area contributed by atoms with E-state index in [2.05, 4.69) is 19.5 Å². The molecule has 0 amide bonds. The fraction of sp³-hybridized carbons (Fsp3) is 0.364. The molecular weight excluding hydrogens is 204 g/mol. The first-order valence-electron chi connectivity index (χ1n) is 5.34. The predicted octanol–water partition coefficient (Wildman–Crippen LogP) is 1.28. The molecule has 0 aliphatic heterocycles. The van der Waals surface area contributed by atoms with Crippen molar-refractivity contribution in [1.29, 1.82) is 0 Å². The van der Waals surface area contributed by atoms with Gasteiger partial charge in [-0.3, -0.25) is 4.79 Å². The molecule has 0 bridgehead atoms. The van der Waals surface area contributed by atoms with Crippen LogP contribution in [0.1, 0.15) is 24.6 Å². The largest absolute Gasteiger partial charge is 0.325 e. The van der Waals surface area contributed by atoms with E-state index in [1.54, 1.807) is 12.5 Å². The van der Waals surface area contributed by atoms with Crippen LogP contribution in [-0.4, -0.2) is 19.5 Å². The van der Waals surface area contributed by atoms with Gasteiger partial charge in [0.05, 0.1) is 12.5 Å². The molecule has 1 N–H and O–H groups in total. The van der Waals surface area contributed by atoms with Gasteiger partial charge in [0, 0.05) is 17.8 Å². The van der Waals surface area contributed by atoms with Crippen LogP contribution in [0.15, 0.2) is 23.4 Å². The second-order valence-electron chi connectivity index (χ2n) is 4.15. The minimum Gasteiger partial charge on any atom is -0.325 e. The van der Waals surface area contributed by atoms with Gasteiger partial charge in [0.1, 0.15) is 5.69 Å². The number of nitrogens with one attached hydrogen (secondary N) is 1. The second-order valence-corrected chi connectivity index (χ2v) is 4.15. The van der Waals surface area contributed by atoms with E-state index in [9.17, 15) is 4.79 Å². The third-order valence-electron chi connectivity index (χ3n) is 2.72.